The summed E-state index contributed by atoms with van der Waals surface area (Å²) in [6, 6.07) is 5.86. The monoisotopic (exact) mass is 228 g/mol. The van der Waals surface area contributed by atoms with Crippen molar-refractivity contribution in [2.75, 3.05) is 0 Å². The van der Waals surface area contributed by atoms with Crippen molar-refractivity contribution < 1.29 is 13.9 Å². The first kappa shape index (κ1) is 13.1. The molecule has 90 valence electrons. The minimum absolute atomic E-state index is 0.00417. The molecule has 0 fully saturated rings. The Labute approximate surface area is 95.1 Å². The van der Waals surface area contributed by atoms with Crippen LogP contribution in [-0.2, 0) is 11.5 Å². The van der Waals surface area contributed by atoms with Crippen molar-refractivity contribution in [1.29, 1.82) is 0 Å². The summed E-state index contributed by atoms with van der Waals surface area (Å²) in [6.07, 6.45) is 0. The third kappa shape index (κ3) is 2.59. The zero-order valence-electron chi connectivity index (χ0n) is 10.1. The molecule has 0 heterocycles. The first-order valence-electron chi connectivity index (χ1n) is 5.37. The number of hydrogen-bond donors (Lipinski definition) is 1. The van der Waals surface area contributed by atoms with Crippen LogP contribution in [0.4, 0.5) is 8.78 Å². The number of aliphatic hydroxyl groups is 1. The smallest absolute Gasteiger partial charge is 0.275 e. The molecule has 0 aliphatic rings. The predicted molar refractivity (Wildman–Crippen MR) is 60.4 cm³/mol. The van der Waals surface area contributed by atoms with Crippen LogP contribution in [0.3, 0.4) is 0 Å². The Kier molecular flexibility index (Phi) is 3.38. The number of hydrogen-bond acceptors (Lipinski definition) is 1. The summed E-state index contributed by atoms with van der Waals surface area (Å²) in [4.78, 5) is 0. The molecule has 1 aromatic rings. The van der Waals surface area contributed by atoms with Gasteiger partial charge in [-0.05, 0) is 19.4 Å². The topological polar surface area (TPSA) is 20.2 Å². The van der Waals surface area contributed by atoms with Crippen LogP contribution in [0.2, 0.25) is 0 Å². The van der Waals surface area contributed by atoms with Gasteiger partial charge in [0.1, 0.15) is 0 Å². The van der Waals surface area contributed by atoms with Crippen LogP contribution in [0.25, 0.3) is 0 Å². The van der Waals surface area contributed by atoms with E-state index in [0.717, 1.165) is 0 Å². The first-order valence-corrected chi connectivity index (χ1v) is 5.37. The van der Waals surface area contributed by atoms with Crippen LogP contribution in [0.15, 0.2) is 24.3 Å². The summed E-state index contributed by atoms with van der Waals surface area (Å²) in [7, 11) is 0. The Morgan fingerprint density at radius 3 is 1.69 bits per heavy atom. The van der Waals surface area contributed by atoms with Crippen LogP contribution < -0.4 is 0 Å². The zero-order chi connectivity index (χ0) is 12.6. The second kappa shape index (κ2) is 4.13. The molecule has 0 spiro atoms. The molecule has 0 aromatic heterocycles. The maximum Gasteiger partial charge on any atom is 0.275 e. The highest BCUT2D eigenvalue weighted by atomic mass is 19.3. The minimum atomic E-state index is -2.82. The molecule has 0 radical (unpaired) electrons. The lowest BCUT2D eigenvalue weighted by Crippen LogP contribution is -2.21. The molecule has 0 unspecified atom stereocenters. The molecular formula is C13H18F2O. The third-order valence-electron chi connectivity index (χ3n) is 2.70. The maximum atomic E-state index is 13.6. The Morgan fingerprint density at radius 1 is 1.00 bits per heavy atom. The van der Waals surface area contributed by atoms with Crippen molar-refractivity contribution >= 4 is 0 Å². The van der Waals surface area contributed by atoms with Gasteiger partial charge in [-0.25, -0.2) is 8.78 Å². The molecule has 16 heavy (non-hydrogen) atoms. The highest BCUT2D eigenvalue weighted by Gasteiger charge is 2.35. The van der Waals surface area contributed by atoms with Gasteiger partial charge in [-0.2, -0.15) is 0 Å². The van der Waals surface area contributed by atoms with Gasteiger partial charge in [0, 0.05) is 11.5 Å². The number of rotatable bonds is 3. The van der Waals surface area contributed by atoms with E-state index in [-0.39, 0.29) is 5.56 Å². The van der Waals surface area contributed by atoms with E-state index in [4.69, 9.17) is 0 Å². The molecule has 0 bridgehead atoms. The molecule has 0 amide bonds. The Hall–Kier alpha value is -0.960. The molecule has 0 aliphatic heterocycles. The fourth-order valence-electron chi connectivity index (χ4n) is 1.43. The molecule has 1 rings (SSSR count). The van der Waals surface area contributed by atoms with Crippen LogP contribution in [0.1, 0.15) is 38.8 Å². The molecule has 1 aromatic carbocycles. The van der Waals surface area contributed by atoms with Gasteiger partial charge in [0.25, 0.3) is 5.92 Å². The third-order valence-corrected chi connectivity index (χ3v) is 2.70. The molecule has 0 saturated carbocycles. The average Bonchev–Trinajstić information content (AvgIpc) is 2.16. The summed E-state index contributed by atoms with van der Waals surface area (Å²) in [5.41, 5.74) is -0.364. The van der Waals surface area contributed by atoms with Crippen molar-refractivity contribution in [2.45, 2.75) is 39.2 Å². The summed E-state index contributed by atoms with van der Waals surface area (Å²) in [6.45, 7) is 6.24. The van der Waals surface area contributed by atoms with Gasteiger partial charge >= 0.3 is 0 Å². The lowest BCUT2D eigenvalue weighted by molar-refractivity contribution is -0.0514. The summed E-state index contributed by atoms with van der Waals surface area (Å²) >= 11 is 0. The normalized spacial score (nSPS) is 13.2. The molecule has 1 nitrogen and oxygen atoms in total. The van der Waals surface area contributed by atoms with E-state index in [2.05, 4.69) is 0 Å². The van der Waals surface area contributed by atoms with Gasteiger partial charge in [-0.1, -0.05) is 38.1 Å². The maximum absolute atomic E-state index is 13.6. The van der Waals surface area contributed by atoms with Crippen LogP contribution in [-0.4, -0.2) is 5.11 Å². The average molecular weight is 228 g/mol. The molecule has 1 N–H and O–H groups in total. The quantitative estimate of drug-likeness (QED) is 0.837. The van der Waals surface area contributed by atoms with Crippen molar-refractivity contribution in [3.05, 3.63) is 35.4 Å². The van der Waals surface area contributed by atoms with Crippen LogP contribution in [0, 0.1) is 5.92 Å². The highest BCUT2D eigenvalue weighted by molar-refractivity contribution is 5.29. The van der Waals surface area contributed by atoms with Crippen molar-refractivity contribution in [2.24, 2.45) is 5.92 Å². The molecule has 0 atom stereocenters. The van der Waals surface area contributed by atoms with Gasteiger partial charge in [0.2, 0.25) is 0 Å². The number of alkyl halides is 2. The fourth-order valence-corrected chi connectivity index (χ4v) is 1.43. The first-order chi connectivity index (χ1) is 7.15. The van der Waals surface area contributed by atoms with Crippen molar-refractivity contribution in [1.82, 2.24) is 0 Å². The molecular weight excluding hydrogens is 210 g/mol. The van der Waals surface area contributed by atoms with E-state index in [1.54, 1.807) is 26.0 Å². The largest absolute Gasteiger partial charge is 0.386 e. The standard InChI is InChI=1S/C13H18F2O/c1-9(2)13(14,15)11-7-5-10(6-8-11)12(3,4)16/h5-9,16H,1-4H3. The second-order valence-corrected chi connectivity index (χ2v) is 4.91. The lowest BCUT2D eigenvalue weighted by atomic mass is 9.93. The van der Waals surface area contributed by atoms with Crippen LogP contribution in [0.5, 0.6) is 0 Å². The lowest BCUT2D eigenvalue weighted by Gasteiger charge is -2.23. The minimum Gasteiger partial charge on any atom is -0.386 e. The Bertz CT molecular complexity index is 347. The van der Waals surface area contributed by atoms with Gasteiger partial charge in [0.05, 0.1) is 5.60 Å². The summed E-state index contributed by atoms with van der Waals surface area (Å²) in [5, 5.41) is 9.70. The fraction of sp³-hybridized carbons (Fsp3) is 0.538. The van der Waals surface area contributed by atoms with Gasteiger partial charge in [-0.3, -0.25) is 0 Å². The van der Waals surface area contributed by atoms with Gasteiger partial charge < -0.3 is 5.11 Å². The second-order valence-electron chi connectivity index (χ2n) is 4.91. The van der Waals surface area contributed by atoms with Gasteiger partial charge in [-0.15, -0.1) is 0 Å². The number of benzene rings is 1. The van der Waals surface area contributed by atoms with Crippen molar-refractivity contribution in [3.63, 3.8) is 0 Å². The summed E-state index contributed by atoms with van der Waals surface area (Å²) < 4.78 is 27.3. The van der Waals surface area contributed by atoms with E-state index >= 15 is 0 Å². The highest BCUT2D eigenvalue weighted by Crippen LogP contribution is 2.36. The SMILES string of the molecule is CC(C)C(F)(F)c1ccc(C(C)(C)O)cc1. The van der Waals surface area contributed by atoms with Gasteiger partial charge in [0.15, 0.2) is 0 Å². The van der Waals surface area contributed by atoms with E-state index in [9.17, 15) is 13.9 Å². The van der Waals surface area contributed by atoms with E-state index < -0.39 is 17.4 Å². The van der Waals surface area contributed by atoms with E-state index in [1.807, 2.05) is 0 Å². The van der Waals surface area contributed by atoms with E-state index in [1.165, 1.54) is 26.0 Å². The molecule has 0 saturated heterocycles. The summed E-state index contributed by atoms with van der Waals surface area (Å²) in [5.74, 6) is -3.56. The van der Waals surface area contributed by atoms with Crippen molar-refractivity contribution in [3.8, 4) is 0 Å². The van der Waals surface area contributed by atoms with Crippen LogP contribution >= 0.6 is 0 Å². The molecule has 3 heteroatoms. The Balaban J connectivity index is 3.05. The Morgan fingerprint density at radius 2 is 1.38 bits per heavy atom. The van der Waals surface area contributed by atoms with E-state index in [0.29, 0.717) is 5.56 Å². The molecule has 0 aliphatic carbocycles. The zero-order valence-corrected chi connectivity index (χ0v) is 10.1. The number of halogens is 2. The predicted octanol–water partition coefficient (Wildman–Crippen LogP) is 3.66.